The molecule has 2 N–H and O–H groups in total. The molecule has 0 aromatic heterocycles. The summed E-state index contributed by atoms with van der Waals surface area (Å²) < 4.78 is 0. The smallest absolute Gasteiger partial charge is 0.114 e. The standard InChI is InChI=1S/C2H4N4S2/c7-1-3-5-6-4-2-8/h1-2H,(H,3,6,7)(H,4,5,8). The molecule has 0 bridgehead atoms. The fourth-order valence-electron chi connectivity index (χ4n) is 0.108. The zero-order valence-electron chi connectivity index (χ0n) is 3.87. The maximum atomic E-state index is 4.37. The average Bonchev–Trinajstić information content (AvgIpc) is 1.81. The van der Waals surface area contributed by atoms with Gasteiger partial charge in [-0.25, -0.2) is 5.53 Å². The first-order valence-electron chi connectivity index (χ1n) is 1.69. The summed E-state index contributed by atoms with van der Waals surface area (Å²) in [6, 6.07) is 0. The van der Waals surface area contributed by atoms with Gasteiger partial charge in [0.05, 0.1) is 5.49 Å². The van der Waals surface area contributed by atoms with Crippen LogP contribution in [0.15, 0.2) is 10.3 Å². The molecule has 0 rings (SSSR count). The highest BCUT2D eigenvalue weighted by atomic mass is 32.1. The number of hydrogen-bond acceptors (Lipinski definition) is 3. The Morgan fingerprint density at radius 3 is 2.62 bits per heavy atom. The monoisotopic (exact) mass is 148 g/mol. The van der Waals surface area contributed by atoms with Crippen molar-refractivity contribution in [3.8, 4) is 0 Å². The van der Waals surface area contributed by atoms with Crippen molar-refractivity contribution in [1.82, 2.24) is 11.0 Å². The van der Waals surface area contributed by atoms with Crippen LogP contribution in [0.3, 0.4) is 0 Å². The molecule has 0 amide bonds. The Labute approximate surface area is 57.3 Å². The van der Waals surface area contributed by atoms with Crippen molar-refractivity contribution in [2.45, 2.75) is 0 Å². The van der Waals surface area contributed by atoms with Crippen LogP contribution in [0.2, 0.25) is 0 Å². The second-order valence-corrected chi connectivity index (χ2v) is 1.14. The summed E-state index contributed by atoms with van der Waals surface area (Å²) in [4.78, 5) is 0. The van der Waals surface area contributed by atoms with Gasteiger partial charge in [0.1, 0.15) is 5.49 Å². The number of thiocarbonyl (C=S) groups is 2. The molecule has 0 unspecified atom stereocenters. The van der Waals surface area contributed by atoms with Crippen LogP contribution in [0.4, 0.5) is 0 Å². The summed E-state index contributed by atoms with van der Waals surface area (Å²) in [5.74, 6) is 0. The average molecular weight is 148 g/mol. The molecule has 0 aliphatic carbocycles. The van der Waals surface area contributed by atoms with Crippen molar-refractivity contribution in [2.75, 3.05) is 0 Å². The van der Waals surface area contributed by atoms with E-state index in [0.29, 0.717) is 0 Å². The van der Waals surface area contributed by atoms with E-state index < -0.39 is 0 Å². The molecule has 0 fully saturated rings. The number of nitrogens with zero attached hydrogens (tertiary/aromatic N) is 2. The van der Waals surface area contributed by atoms with Crippen LogP contribution in [0.1, 0.15) is 0 Å². The van der Waals surface area contributed by atoms with Crippen LogP contribution in [0.5, 0.6) is 0 Å². The number of hydrazine groups is 1. The van der Waals surface area contributed by atoms with Crippen LogP contribution in [0, 0.1) is 0 Å². The summed E-state index contributed by atoms with van der Waals surface area (Å²) in [7, 11) is 0. The predicted octanol–water partition coefficient (Wildman–Crippen LogP) is 0.362. The summed E-state index contributed by atoms with van der Waals surface area (Å²) >= 11 is 8.68. The van der Waals surface area contributed by atoms with Gasteiger partial charge in [0, 0.05) is 0 Å². The summed E-state index contributed by atoms with van der Waals surface area (Å²) in [5, 5.41) is 6.57. The van der Waals surface area contributed by atoms with E-state index in [2.05, 4.69) is 45.7 Å². The van der Waals surface area contributed by atoms with Gasteiger partial charge in [-0.3, -0.25) is 5.43 Å². The molecule has 0 heterocycles. The molecule has 0 saturated carbocycles. The van der Waals surface area contributed by atoms with Crippen molar-refractivity contribution in [2.24, 2.45) is 10.3 Å². The van der Waals surface area contributed by atoms with Gasteiger partial charge in [-0.05, 0) is 0 Å². The SMILES string of the molecule is S=CN=NNNC=S. The van der Waals surface area contributed by atoms with Crippen LogP contribution in [-0.4, -0.2) is 11.0 Å². The Bertz CT molecular complexity index is 100. The van der Waals surface area contributed by atoms with Crippen LogP contribution >= 0.6 is 24.4 Å². The normalized spacial score (nSPS) is 8.50. The third-order valence-electron chi connectivity index (χ3n) is 0.278. The molecule has 4 nitrogen and oxygen atoms in total. The number of rotatable bonds is 4. The lowest BCUT2D eigenvalue weighted by Gasteiger charge is -1.89. The molecule has 0 aromatic carbocycles. The van der Waals surface area contributed by atoms with Gasteiger partial charge in [0.15, 0.2) is 0 Å². The third kappa shape index (κ3) is 5.38. The molecule has 0 aliphatic rings. The first-order valence-corrected chi connectivity index (χ1v) is 2.63. The summed E-state index contributed by atoms with van der Waals surface area (Å²) in [6.45, 7) is 0. The van der Waals surface area contributed by atoms with Crippen molar-refractivity contribution < 1.29 is 0 Å². The van der Waals surface area contributed by atoms with E-state index in [1.54, 1.807) is 0 Å². The molecule has 0 aliphatic heterocycles. The van der Waals surface area contributed by atoms with Crippen LogP contribution < -0.4 is 11.0 Å². The largest absolute Gasteiger partial charge is 0.280 e. The lowest BCUT2D eigenvalue weighted by atomic mass is 11.5. The highest BCUT2D eigenvalue weighted by molar-refractivity contribution is 7.79. The molecular weight excluding hydrogens is 144 g/mol. The molecule has 8 heavy (non-hydrogen) atoms. The van der Waals surface area contributed by atoms with Gasteiger partial charge >= 0.3 is 0 Å². The van der Waals surface area contributed by atoms with Gasteiger partial charge in [0.2, 0.25) is 0 Å². The van der Waals surface area contributed by atoms with Crippen molar-refractivity contribution in [1.29, 1.82) is 0 Å². The number of hydrogen-bond donors (Lipinski definition) is 2. The fraction of sp³-hybridized carbons (Fsp3) is 0. The van der Waals surface area contributed by atoms with E-state index in [0.717, 1.165) is 5.49 Å². The van der Waals surface area contributed by atoms with Crippen molar-refractivity contribution in [3.05, 3.63) is 0 Å². The first kappa shape index (κ1) is 7.38. The van der Waals surface area contributed by atoms with Crippen molar-refractivity contribution >= 4 is 35.4 Å². The van der Waals surface area contributed by atoms with E-state index in [9.17, 15) is 0 Å². The minimum absolute atomic E-state index is 1.14. The highest BCUT2D eigenvalue weighted by Gasteiger charge is 1.62. The maximum Gasteiger partial charge on any atom is 0.114 e. The molecule has 6 heteroatoms. The zero-order valence-corrected chi connectivity index (χ0v) is 5.50. The summed E-state index contributed by atoms with van der Waals surface area (Å²) in [5.41, 5.74) is 7.09. The quantitative estimate of drug-likeness (QED) is 0.261. The Morgan fingerprint density at radius 2 is 2.12 bits per heavy atom. The van der Waals surface area contributed by atoms with Crippen LogP contribution in [-0.2, 0) is 0 Å². The minimum Gasteiger partial charge on any atom is -0.280 e. The van der Waals surface area contributed by atoms with Crippen LogP contribution in [0.25, 0.3) is 0 Å². The van der Waals surface area contributed by atoms with Gasteiger partial charge in [-0.15, -0.1) is 5.11 Å². The second kappa shape index (κ2) is 6.38. The maximum absolute atomic E-state index is 4.37. The Balaban J connectivity index is 3.02. The molecule has 0 spiro atoms. The highest BCUT2D eigenvalue weighted by Crippen LogP contribution is 1.58. The fourth-order valence-corrected chi connectivity index (χ4v) is 0.208. The van der Waals surface area contributed by atoms with E-state index in [1.807, 2.05) is 0 Å². The van der Waals surface area contributed by atoms with Crippen molar-refractivity contribution in [3.63, 3.8) is 0 Å². The van der Waals surface area contributed by atoms with Gasteiger partial charge in [-0.2, -0.15) is 0 Å². The van der Waals surface area contributed by atoms with E-state index in [4.69, 9.17) is 0 Å². The van der Waals surface area contributed by atoms with Gasteiger partial charge in [-0.1, -0.05) is 29.7 Å². The van der Waals surface area contributed by atoms with Gasteiger partial charge < -0.3 is 0 Å². The molecule has 0 saturated heterocycles. The lowest BCUT2D eigenvalue weighted by molar-refractivity contribution is 0.677. The molecule has 0 atom stereocenters. The van der Waals surface area contributed by atoms with E-state index >= 15 is 0 Å². The topological polar surface area (TPSA) is 48.8 Å². The molecular formula is C2H4N4S2. The first-order chi connectivity index (χ1) is 3.91. The zero-order chi connectivity index (χ0) is 6.24. The Kier molecular flexibility index (Phi) is 5.89. The van der Waals surface area contributed by atoms with Gasteiger partial charge in [0.25, 0.3) is 0 Å². The Morgan fingerprint density at radius 1 is 1.38 bits per heavy atom. The van der Waals surface area contributed by atoms with E-state index in [1.165, 1.54) is 5.49 Å². The molecule has 0 radical (unpaired) electrons. The molecule has 44 valence electrons. The van der Waals surface area contributed by atoms with E-state index in [-0.39, 0.29) is 0 Å². The number of nitrogens with one attached hydrogen (secondary N) is 2. The Hall–Kier alpha value is -0.620. The molecule has 0 aromatic rings. The predicted molar refractivity (Wildman–Crippen MR) is 38.4 cm³/mol. The second-order valence-electron chi connectivity index (χ2n) is 0.695. The summed E-state index contributed by atoms with van der Waals surface area (Å²) in [6.07, 6.45) is 0. The minimum atomic E-state index is 1.14. The third-order valence-corrected chi connectivity index (χ3v) is 0.490. The lowest BCUT2D eigenvalue weighted by Crippen LogP contribution is -2.23.